The molecular weight excluding hydrogens is 379 g/mol. The number of rotatable bonds is 8. The van der Waals surface area contributed by atoms with Gasteiger partial charge < -0.3 is 14.6 Å². The quantitative estimate of drug-likeness (QED) is 0.585. The number of nitrogens with one attached hydrogen (secondary N) is 1. The van der Waals surface area contributed by atoms with Gasteiger partial charge in [0.25, 0.3) is 5.22 Å². The topological polar surface area (TPSA) is 71.3 Å². The Bertz CT molecular complexity index is 928. The molecule has 0 spiro atoms. The molecule has 0 aliphatic heterocycles. The molecule has 8 heteroatoms. The second-order valence-electron chi connectivity index (χ2n) is 6.45. The Kier molecular flexibility index (Phi) is 6.78. The van der Waals surface area contributed by atoms with Gasteiger partial charge in [-0.25, -0.2) is 4.39 Å². The molecule has 1 heterocycles. The lowest BCUT2D eigenvalue weighted by Gasteiger charge is -2.14. The van der Waals surface area contributed by atoms with Crippen molar-refractivity contribution in [2.24, 2.45) is 0 Å². The molecular formula is C20H21FN4O2S. The lowest BCUT2D eigenvalue weighted by atomic mass is 10.1. The molecule has 0 fully saturated rings. The summed E-state index contributed by atoms with van der Waals surface area (Å²) in [5.74, 6) is 0.00867. The highest BCUT2D eigenvalue weighted by Gasteiger charge is 2.12. The van der Waals surface area contributed by atoms with E-state index in [1.165, 1.54) is 17.7 Å². The maximum Gasteiger partial charge on any atom is 0.277 e. The van der Waals surface area contributed by atoms with Gasteiger partial charge in [0, 0.05) is 18.7 Å². The van der Waals surface area contributed by atoms with E-state index in [4.69, 9.17) is 4.42 Å². The summed E-state index contributed by atoms with van der Waals surface area (Å²) >= 11 is 1.16. The summed E-state index contributed by atoms with van der Waals surface area (Å²) in [6.07, 6.45) is 0. The molecule has 146 valence electrons. The van der Waals surface area contributed by atoms with Crippen LogP contribution in [0.4, 0.5) is 4.39 Å². The van der Waals surface area contributed by atoms with Crippen LogP contribution in [0.15, 0.2) is 58.2 Å². The fraction of sp³-hybridized carbons (Fsp3) is 0.250. The first-order valence-electron chi connectivity index (χ1n) is 8.71. The maximum absolute atomic E-state index is 13.0. The number of benzene rings is 2. The smallest absolute Gasteiger partial charge is 0.277 e. The molecule has 1 N–H and O–H groups in total. The number of thioether (sulfide) groups is 1. The van der Waals surface area contributed by atoms with Gasteiger partial charge in [0.1, 0.15) is 5.82 Å². The third kappa shape index (κ3) is 5.64. The van der Waals surface area contributed by atoms with Crippen LogP contribution in [0.3, 0.4) is 0 Å². The molecule has 0 radical (unpaired) electrons. The van der Waals surface area contributed by atoms with Crippen LogP contribution >= 0.6 is 11.8 Å². The minimum Gasteiger partial charge on any atom is -0.411 e. The molecule has 6 nitrogen and oxygen atoms in total. The van der Waals surface area contributed by atoms with Gasteiger partial charge in [0.05, 0.1) is 5.75 Å². The number of hydrogen-bond donors (Lipinski definition) is 1. The van der Waals surface area contributed by atoms with Crippen molar-refractivity contribution >= 4 is 17.7 Å². The molecule has 0 atom stereocenters. The number of carbonyl (C=O) groups is 1. The van der Waals surface area contributed by atoms with E-state index in [0.29, 0.717) is 23.2 Å². The van der Waals surface area contributed by atoms with Crippen molar-refractivity contribution in [3.05, 3.63) is 65.5 Å². The molecule has 28 heavy (non-hydrogen) atoms. The second kappa shape index (κ2) is 9.48. The molecule has 3 rings (SSSR count). The molecule has 0 bridgehead atoms. The molecule has 0 saturated carbocycles. The number of amides is 1. The van der Waals surface area contributed by atoms with Gasteiger partial charge in [-0.1, -0.05) is 36.0 Å². The summed E-state index contributed by atoms with van der Waals surface area (Å²) in [5, 5.41) is 11.1. The van der Waals surface area contributed by atoms with Crippen LogP contribution in [0.25, 0.3) is 11.5 Å². The van der Waals surface area contributed by atoms with E-state index < -0.39 is 0 Å². The van der Waals surface area contributed by atoms with Gasteiger partial charge >= 0.3 is 0 Å². The Hall–Kier alpha value is -2.71. The number of nitrogens with zero attached hydrogens (tertiary/aromatic N) is 3. The molecule has 0 saturated heterocycles. The second-order valence-corrected chi connectivity index (χ2v) is 7.38. The normalized spacial score (nSPS) is 11.0. The van der Waals surface area contributed by atoms with E-state index in [0.717, 1.165) is 23.9 Å². The van der Waals surface area contributed by atoms with Crippen molar-refractivity contribution in [2.45, 2.75) is 18.3 Å². The van der Waals surface area contributed by atoms with E-state index >= 15 is 0 Å². The van der Waals surface area contributed by atoms with Crippen molar-refractivity contribution in [2.75, 3.05) is 19.8 Å². The largest absolute Gasteiger partial charge is 0.411 e. The third-order valence-corrected chi connectivity index (χ3v) is 4.72. The van der Waals surface area contributed by atoms with Gasteiger partial charge in [-0.15, -0.1) is 10.2 Å². The standard InChI is InChI=1S/C20H21FN4O2S/c1-25(2)12-16-6-4-3-5-15(16)11-22-18(26)13-28-20-24-23-19(27-20)14-7-9-17(21)10-8-14/h3-10H,11-13H2,1-2H3,(H,22,26). The van der Waals surface area contributed by atoms with E-state index in [-0.39, 0.29) is 17.5 Å². The van der Waals surface area contributed by atoms with E-state index in [2.05, 4.69) is 26.5 Å². The van der Waals surface area contributed by atoms with Gasteiger partial charge in [-0.2, -0.15) is 0 Å². The first kappa shape index (κ1) is 20.0. The zero-order valence-electron chi connectivity index (χ0n) is 15.7. The Labute approximate surface area is 167 Å². The number of carbonyl (C=O) groups excluding carboxylic acids is 1. The Morgan fingerprint density at radius 1 is 1.11 bits per heavy atom. The lowest BCUT2D eigenvalue weighted by Crippen LogP contribution is -2.25. The van der Waals surface area contributed by atoms with Crippen LogP contribution < -0.4 is 5.32 Å². The van der Waals surface area contributed by atoms with E-state index in [9.17, 15) is 9.18 Å². The Morgan fingerprint density at radius 3 is 2.54 bits per heavy atom. The van der Waals surface area contributed by atoms with Gasteiger partial charge in [0.15, 0.2) is 0 Å². The average molecular weight is 400 g/mol. The van der Waals surface area contributed by atoms with Crippen LogP contribution in [0, 0.1) is 5.82 Å². The number of halogens is 1. The maximum atomic E-state index is 13.0. The summed E-state index contributed by atoms with van der Waals surface area (Å²) < 4.78 is 18.5. The van der Waals surface area contributed by atoms with Gasteiger partial charge in [-0.3, -0.25) is 4.79 Å². The monoisotopic (exact) mass is 400 g/mol. The zero-order chi connectivity index (χ0) is 19.9. The molecule has 0 aliphatic rings. The predicted molar refractivity (Wildman–Crippen MR) is 106 cm³/mol. The Morgan fingerprint density at radius 2 is 1.82 bits per heavy atom. The first-order chi connectivity index (χ1) is 13.5. The van der Waals surface area contributed by atoms with Gasteiger partial charge in [-0.05, 0) is 49.5 Å². The SMILES string of the molecule is CN(C)Cc1ccccc1CNC(=O)CSc1nnc(-c2ccc(F)cc2)o1. The number of aromatic nitrogens is 2. The van der Waals surface area contributed by atoms with Crippen LogP contribution in [0.1, 0.15) is 11.1 Å². The molecule has 3 aromatic rings. The van der Waals surface area contributed by atoms with Crippen molar-refractivity contribution < 1.29 is 13.6 Å². The highest BCUT2D eigenvalue weighted by Crippen LogP contribution is 2.23. The fourth-order valence-electron chi connectivity index (χ4n) is 2.57. The lowest BCUT2D eigenvalue weighted by molar-refractivity contribution is -0.118. The summed E-state index contributed by atoms with van der Waals surface area (Å²) in [6.45, 7) is 1.28. The van der Waals surface area contributed by atoms with Crippen molar-refractivity contribution in [1.29, 1.82) is 0 Å². The fourth-order valence-corrected chi connectivity index (χ4v) is 3.17. The van der Waals surface area contributed by atoms with Crippen molar-refractivity contribution in [1.82, 2.24) is 20.4 Å². The third-order valence-electron chi connectivity index (χ3n) is 3.91. The van der Waals surface area contributed by atoms with E-state index in [1.807, 2.05) is 32.3 Å². The number of hydrogen-bond acceptors (Lipinski definition) is 6. The minimum atomic E-state index is -0.332. The summed E-state index contributed by atoms with van der Waals surface area (Å²) in [5.41, 5.74) is 2.90. The van der Waals surface area contributed by atoms with Crippen LogP contribution in [0.2, 0.25) is 0 Å². The first-order valence-corrected chi connectivity index (χ1v) is 9.70. The Balaban J connectivity index is 1.51. The molecule has 0 unspecified atom stereocenters. The molecule has 2 aromatic carbocycles. The average Bonchev–Trinajstić information content (AvgIpc) is 3.15. The summed E-state index contributed by atoms with van der Waals surface area (Å²) in [6, 6.07) is 13.8. The summed E-state index contributed by atoms with van der Waals surface area (Å²) in [7, 11) is 4.02. The molecule has 1 amide bonds. The van der Waals surface area contributed by atoms with Gasteiger partial charge in [0.2, 0.25) is 11.8 Å². The predicted octanol–water partition coefficient (Wildman–Crippen LogP) is 3.35. The van der Waals surface area contributed by atoms with Crippen molar-refractivity contribution in [3.63, 3.8) is 0 Å². The van der Waals surface area contributed by atoms with Crippen LogP contribution in [0.5, 0.6) is 0 Å². The van der Waals surface area contributed by atoms with Crippen molar-refractivity contribution in [3.8, 4) is 11.5 Å². The van der Waals surface area contributed by atoms with Crippen LogP contribution in [-0.2, 0) is 17.9 Å². The highest BCUT2D eigenvalue weighted by atomic mass is 32.2. The minimum absolute atomic E-state index is 0.119. The van der Waals surface area contributed by atoms with Crippen LogP contribution in [-0.4, -0.2) is 40.9 Å². The molecule has 0 aliphatic carbocycles. The zero-order valence-corrected chi connectivity index (χ0v) is 16.5. The molecule has 1 aromatic heterocycles. The summed E-state index contributed by atoms with van der Waals surface area (Å²) in [4.78, 5) is 14.3. The van der Waals surface area contributed by atoms with E-state index in [1.54, 1.807) is 12.1 Å². The highest BCUT2D eigenvalue weighted by molar-refractivity contribution is 7.99.